The quantitative estimate of drug-likeness (QED) is 0.848. The second kappa shape index (κ2) is 5.57. The topological polar surface area (TPSA) is 41.8 Å². The van der Waals surface area contributed by atoms with Gasteiger partial charge >= 0.3 is 0 Å². The van der Waals surface area contributed by atoms with Crippen LogP contribution in [-0.2, 0) is 0 Å². The Balaban J connectivity index is 2.24. The van der Waals surface area contributed by atoms with Crippen LogP contribution in [0.5, 0.6) is 11.5 Å². The van der Waals surface area contributed by atoms with E-state index >= 15 is 0 Å². The molecule has 2 aromatic rings. The Hall–Kier alpha value is -2.29. The molecule has 0 aromatic heterocycles. The maximum absolute atomic E-state index is 9.52. The van der Waals surface area contributed by atoms with Gasteiger partial charge in [-0.2, -0.15) is 0 Å². The van der Waals surface area contributed by atoms with Gasteiger partial charge in [0.1, 0.15) is 0 Å². The van der Waals surface area contributed by atoms with Crippen molar-refractivity contribution in [3.63, 3.8) is 0 Å². The lowest BCUT2D eigenvalue weighted by molar-refractivity contribution is 0.373. The number of hydrogen-bond acceptors (Lipinski definition) is 3. The van der Waals surface area contributed by atoms with Crippen molar-refractivity contribution >= 4 is 11.9 Å². The number of phenols is 1. The number of nitrogens with zero attached hydrogens (tertiary/aromatic N) is 1. The van der Waals surface area contributed by atoms with E-state index in [1.165, 1.54) is 18.2 Å². The predicted molar refractivity (Wildman–Crippen MR) is 77.8 cm³/mol. The van der Waals surface area contributed by atoms with Crippen molar-refractivity contribution in [2.24, 2.45) is 4.99 Å². The molecule has 3 nitrogen and oxygen atoms in total. The van der Waals surface area contributed by atoms with E-state index in [2.05, 4.69) is 24.9 Å². The lowest BCUT2D eigenvalue weighted by Gasteiger charge is -2.04. The number of aryl methyl sites for hydroxylation is 2. The fraction of sp³-hybridized carbons (Fsp3) is 0.188. The normalized spacial score (nSPS) is 10.9. The number of ether oxygens (including phenoxy) is 1. The molecule has 0 aliphatic heterocycles. The van der Waals surface area contributed by atoms with Gasteiger partial charge in [-0.3, -0.25) is 4.99 Å². The molecule has 0 aliphatic rings. The van der Waals surface area contributed by atoms with E-state index in [9.17, 15) is 5.11 Å². The summed E-state index contributed by atoms with van der Waals surface area (Å²) in [6, 6.07) is 11.2. The van der Waals surface area contributed by atoms with Gasteiger partial charge in [-0.25, -0.2) is 0 Å². The van der Waals surface area contributed by atoms with E-state index in [1.54, 1.807) is 24.4 Å². The van der Waals surface area contributed by atoms with Crippen LogP contribution in [0.4, 0.5) is 5.69 Å². The minimum atomic E-state index is 0.130. The molecule has 0 radical (unpaired) electrons. The van der Waals surface area contributed by atoms with Crippen LogP contribution in [0.3, 0.4) is 0 Å². The zero-order valence-electron chi connectivity index (χ0n) is 11.3. The van der Waals surface area contributed by atoms with Crippen molar-refractivity contribution in [2.75, 3.05) is 7.11 Å². The molecular formula is C16H17NO2. The van der Waals surface area contributed by atoms with Crippen LogP contribution in [0.15, 0.2) is 41.4 Å². The number of methoxy groups -OCH3 is 1. The zero-order chi connectivity index (χ0) is 13.8. The summed E-state index contributed by atoms with van der Waals surface area (Å²) in [7, 11) is 1.53. The standard InChI is InChI=1S/C16H17NO2/c1-11-4-6-14(8-12(11)2)17-10-13-5-7-15(18)16(9-13)19-3/h4-10,18H,1-3H3. The molecule has 2 rings (SSSR count). The van der Waals surface area contributed by atoms with E-state index in [1.807, 2.05) is 12.1 Å². The van der Waals surface area contributed by atoms with Crippen molar-refractivity contribution in [3.05, 3.63) is 53.1 Å². The number of aromatic hydroxyl groups is 1. The van der Waals surface area contributed by atoms with Gasteiger partial charge < -0.3 is 9.84 Å². The van der Waals surface area contributed by atoms with Gasteiger partial charge in [0, 0.05) is 6.21 Å². The molecule has 0 unspecified atom stereocenters. The molecule has 2 aromatic carbocycles. The summed E-state index contributed by atoms with van der Waals surface area (Å²) < 4.78 is 5.06. The summed E-state index contributed by atoms with van der Waals surface area (Å²) >= 11 is 0. The maximum atomic E-state index is 9.52. The summed E-state index contributed by atoms with van der Waals surface area (Å²) in [6.07, 6.45) is 1.76. The van der Waals surface area contributed by atoms with Crippen LogP contribution in [-0.4, -0.2) is 18.4 Å². The fourth-order valence-electron chi connectivity index (χ4n) is 1.73. The van der Waals surface area contributed by atoms with Crippen LogP contribution in [0.2, 0.25) is 0 Å². The average molecular weight is 255 g/mol. The Kier molecular flexibility index (Phi) is 3.85. The smallest absolute Gasteiger partial charge is 0.161 e. The van der Waals surface area contributed by atoms with Crippen LogP contribution in [0, 0.1) is 13.8 Å². The molecule has 98 valence electrons. The monoisotopic (exact) mass is 255 g/mol. The maximum Gasteiger partial charge on any atom is 0.161 e. The number of aliphatic imine (C=N–C) groups is 1. The summed E-state index contributed by atoms with van der Waals surface area (Å²) in [5.74, 6) is 0.579. The highest BCUT2D eigenvalue weighted by Gasteiger charge is 2.01. The van der Waals surface area contributed by atoms with Crippen molar-refractivity contribution in [2.45, 2.75) is 13.8 Å². The third kappa shape index (κ3) is 3.13. The van der Waals surface area contributed by atoms with Gasteiger partial charge in [0.25, 0.3) is 0 Å². The van der Waals surface area contributed by atoms with Gasteiger partial charge in [0.2, 0.25) is 0 Å². The lowest BCUT2D eigenvalue weighted by Crippen LogP contribution is -1.87. The Bertz CT molecular complexity index is 618. The highest BCUT2D eigenvalue weighted by atomic mass is 16.5. The number of phenolic OH excluding ortho intramolecular Hbond substituents is 1. The fourth-order valence-corrected chi connectivity index (χ4v) is 1.73. The number of benzene rings is 2. The lowest BCUT2D eigenvalue weighted by atomic mass is 10.1. The van der Waals surface area contributed by atoms with E-state index < -0.39 is 0 Å². The molecule has 0 amide bonds. The first-order valence-corrected chi connectivity index (χ1v) is 6.08. The average Bonchev–Trinajstić information content (AvgIpc) is 2.41. The number of rotatable bonds is 3. The zero-order valence-corrected chi connectivity index (χ0v) is 11.3. The number of hydrogen-bond donors (Lipinski definition) is 1. The van der Waals surface area contributed by atoms with E-state index in [4.69, 9.17) is 4.74 Å². The first-order chi connectivity index (χ1) is 9.10. The second-order valence-electron chi connectivity index (χ2n) is 4.46. The predicted octanol–water partition coefficient (Wildman–Crippen LogP) is 3.77. The van der Waals surface area contributed by atoms with E-state index in [0.29, 0.717) is 5.75 Å². The van der Waals surface area contributed by atoms with Crippen molar-refractivity contribution in [1.29, 1.82) is 0 Å². The van der Waals surface area contributed by atoms with Crippen molar-refractivity contribution in [3.8, 4) is 11.5 Å². The van der Waals surface area contributed by atoms with Gasteiger partial charge in [-0.05, 0) is 60.9 Å². The molecular weight excluding hydrogens is 238 g/mol. The third-order valence-corrected chi connectivity index (χ3v) is 3.06. The van der Waals surface area contributed by atoms with Crippen LogP contribution in [0.1, 0.15) is 16.7 Å². The first kappa shape index (κ1) is 13.1. The molecule has 0 fully saturated rings. The summed E-state index contributed by atoms with van der Waals surface area (Å²) in [4.78, 5) is 4.42. The van der Waals surface area contributed by atoms with Crippen LogP contribution >= 0.6 is 0 Å². The Morgan fingerprint density at radius 3 is 2.53 bits per heavy atom. The molecule has 0 atom stereocenters. The van der Waals surface area contributed by atoms with E-state index in [0.717, 1.165) is 11.3 Å². The van der Waals surface area contributed by atoms with Gasteiger partial charge in [0.05, 0.1) is 12.8 Å². The summed E-state index contributed by atoms with van der Waals surface area (Å²) in [6.45, 7) is 4.14. The molecule has 0 spiro atoms. The largest absolute Gasteiger partial charge is 0.504 e. The Morgan fingerprint density at radius 1 is 1.05 bits per heavy atom. The third-order valence-electron chi connectivity index (χ3n) is 3.06. The van der Waals surface area contributed by atoms with Crippen molar-refractivity contribution < 1.29 is 9.84 Å². The molecule has 0 heterocycles. The van der Waals surface area contributed by atoms with E-state index in [-0.39, 0.29) is 5.75 Å². The molecule has 0 aliphatic carbocycles. The summed E-state index contributed by atoms with van der Waals surface area (Å²) in [5, 5.41) is 9.52. The minimum Gasteiger partial charge on any atom is -0.504 e. The molecule has 3 heteroatoms. The highest BCUT2D eigenvalue weighted by molar-refractivity contribution is 5.83. The van der Waals surface area contributed by atoms with Crippen molar-refractivity contribution in [1.82, 2.24) is 0 Å². The van der Waals surface area contributed by atoms with Gasteiger partial charge in [0.15, 0.2) is 11.5 Å². The summed E-state index contributed by atoms with van der Waals surface area (Å²) in [5.41, 5.74) is 4.27. The molecule has 0 saturated carbocycles. The Labute approximate surface area is 113 Å². The molecule has 19 heavy (non-hydrogen) atoms. The first-order valence-electron chi connectivity index (χ1n) is 6.08. The highest BCUT2D eigenvalue weighted by Crippen LogP contribution is 2.26. The molecule has 1 N–H and O–H groups in total. The second-order valence-corrected chi connectivity index (χ2v) is 4.46. The van der Waals surface area contributed by atoms with Gasteiger partial charge in [-0.15, -0.1) is 0 Å². The molecule has 0 bridgehead atoms. The SMILES string of the molecule is COc1cc(C=Nc2ccc(C)c(C)c2)ccc1O. The van der Waals surface area contributed by atoms with Gasteiger partial charge in [-0.1, -0.05) is 6.07 Å². The Morgan fingerprint density at radius 2 is 1.84 bits per heavy atom. The molecule has 0 saturated heterocycles. The minimum absolute atomic E-state index is 0.130. The van der Waals surface area contributed by atoms with Crippen LogP contribution < -0.4 is 4.74 Å². The van der Waals surface area contributed by atoms with Crippen LogP contribution in [0.25, 0.3) is 0 Å².